The van der Waals surface area contributed by atoms with Gasteiger partial charge in [0.05, 0.1) is 0 Å². The molecule has 0 unspecified atom stereocenters. The van der Waals surface area contributed by atoms with E-state index in [-0.39, 0.29) is 0 Å². The van der Waals surface area contributed by atoms with Crippen molar-refractivity contribution in [2.24, 2.45) is 0 Å². The number of hydrogen-bond acceptors (Lipinski definition) is 3. The predicted octanol–water partition coefficient (Wildman–Crippen LogP) is 3.05. The molecule has 2 N–H and O–H groups in total. The van der Waals surface area contributed by atoms with Crippen LogP contribution in [0.25, 0.3) is 0 Å². The first kappa shape index (κ1) is 16.3. The van der Waals surface area contributed by atoms with Crippen molar-refractivity contribution in [3.8, 4) is 0 Å². The summed E-state index contributed by atoms with van der Waals surface area (Å²) in [4.78, 5) is 0. The summed E-state index contributed by atoms with van der Waals surface area (Å²) in [7, 11) is 0. The van der Waals surface area contributed by atoms with Crippen molar-refractivity contribution in [3.63, 3.8) is 0 Å². The molecule has 0 aromatic rings. The van der Waals surface area contributed by atoms with Gasteiger partial charge in [-0.15, -0.1) is 0 Å². The largest absolute Gasteiger partial charge is 0.396 e. The van der Waals surface area contributed by atoms with Crippen molar-refractivity contribution in [2.45, 2.75) is 57.1 Å². The fourth-order valence-corrected chi connectivity index (χ4v) is 2.72. The summed E-state index contributed by atoms with van der Waals surface area (Å²) in [5.41, 5.74) is 0. The van der Waals surface area contributed by atoms with Crippen molar-refractivity contribution >= 4 is 11.8 Å². The molecule has 0 spiro atoms. The maximum Gasteiger partial charge on any atom is 0.0431 e. The van der Waals surface area contributed by atoms with Gasteiger partial charge in [-0.3, -0.25) is 0 Å². The molecule has 0 aliphatic heterocycles. The fourth-order valence-electron chi connectivity index (χ4n) is 1.89. The molecule has 0 aliphatic carbocycles. The Kier molecular flexibility index (Phi) is 10.6. The van der Waals surface area contributed by atoms with Gasteiger partial charge in [0, 0.05) is 17.9 Å². The standard InChI is InChI=1S/C13H29NOS/c1-4-13(5-2,16-3)12-14-10-8-6-7-9-11-15/h14-15H,4-12H2,1-3H3. The van der Waals surface area contributed by atoms with Crippen LogP contribution in [0.1, 0.15) is 52.4 Å². The van der Waals surface area contributed by atoms with Crippen LogP contribution in [0.5, 0.6) is 0 Å². The lowest BCUT2D eigenvalue weighted by molar-refractivity contribution is 0.282. The van der Waals surface area contributed by atoms with Crippen LogP contribution in [-0.4, -0.2) is 35.8 Å². The van der Waals surface area contributed by atoms with E-state index in [9.17, 15) is 0 Å². The summed E-state index contributed by atoms with van der Waals surface area (Å²) in [5, 5.41) is 12.2. The second kappa shape index (κ2) is 10.4. The number of aliphatic hydroxyl groups is 1. The first-order valence-electron chi connectivity index (χ1n) is 6.61. The molecule has 3 heteroatoms. The quantitative estimate of drug-likeness (QED) is 0.550. The zero-order valence-corrected chi connectivity index (χ0v) is 12.0. The lowest BCUT2D eigenvalue weighted by Gasteiger charge is -2.30. The molecular weight excluding hydrogens is 218 g/mol. The van der Waals surface area contributed by atoms with Crippen LogP contribution in [0.2, 0.25) is 0 Å². The normalized spacial score (nSPS) is 12.0. The van der Waals surface area contributed by atoms with Crippen molar-refractivity contribution in [1.29, 1.82) is 0 Å². The molecular formula is C13H29NOS. The van der Waals surface area contributed by atoms with Gasteiger partial charge in [-0.05, 0) is 38.5 Å². The van der Waals surface area contributed by atoms with Crippen LogP contribution >= 0.6 is 11.8 Å². The van der Waals surface area contributed by atoms with E-state index in [2.05, 4.69) is 25.4 Å². The Morgan fingerprint density at radius 3 is 2.19 bits per heavy atom. The zero-order valence-electron chi connectivity index (χ0n) is 11.2. The van der Waals surface area contributed by atoms with Crippen LogP contribution in [0, 0.1) is 0 Å². The Hall–Kier alpha value is 0.270. The Morgan fingerprint density at radius 1 is 1.06 bits per heavy atom. The minimum absolute atomic E-state index is 0.342. The number of rotatable bonds is 11. The van der Waals surface area contributed by atoms with E-state index >= 15 is 0 Å². The maximum absolute atomic E-state index is 8.65. The highest BCUT2D eigenvalue weighted by atomic mass is 32.2. The average molecular weight is 247 g/mol. The molecule has 0 aliphatic rings. The summed E-state index contributed by atoms with van der Waals surface area (Å²) in [6.45, 7) is 7.15. The second-order valence-corrected chi connectivity index (χ2v) is 5.68. The summed E-state index contributed by atoms with van der Waals surface area (Å²) in [5.74, 6) is 0. The van der Waals surface area contributed by atoms with Gasteiger partial charge in [-0.25, -0.2) is 0 Å². The van der Waals surface area contributed by atoms with E-state index in [0.29, 0.717) is 11.4 Å². The van der Waals surface area contributed by atoms with Crippen molar-refractivity contribution in [1.82, 2.24) is 5.32 Å². The first-order valence-corrected chi connectivity index (χ1v) is 7.84. The molecule has 0 aromatic heterocycles. The van der Waals surface area contributed by atoms with E-state index in [1.807, 2.05) is 11.8 Å². The lowest BCUT2D eigenvalue weighted by atomic mass is 10.0. The predicted molar refractivity (Wildman–Crippen MR) is 75.3 cm³/mol. The highest BCUT2D eigenvalue weighted by Gasteiger charge is 2.23. The molecule has 0 saturated carbocycles. The van der Waals surface area contributed by atoms with Gasteiger partial charge >= 0.3 is 0 Å². The van der Waals surface area contributed by atoms with Gasteiger partial charge in [0.2, 0.25) is 0 Å². The van der Waals surface area contributed by atoms with Crippen LogP contribution in [-0.2, 0) is 0 Å². The zero-order chi connectivity index (χ0) is 12.3. The van der Waals surface area contributed by atoms with Crippen molar-refractivity contribution in [2.75, 3.05) is 26.0 Å². The third-order valence-electron chi connectivity index (χ3n) is 3.43. The van der Waals surface area contributed by atoms with Gasteiger partial charge < -0.3 is 10.4 Å². The third kappa shape index (κ3) is 6.77. The summed E-state index contributed by atoms with van der Waals surface area (Å²) >= 11 is 1.99. The van der Waals surface area contributed by atoms with E-state index in [1.54, 1.807) is 0 Å². The van der Waals surface area contributed by atoms with Crippen molar-refractivity contribution in [3.05, 3.63) is 0 Å². The highest BCUT2D eigenvalue weighted by Crippen LogP contribution is 2.29. The molecule has 0 heterocycles. The summed E-state index contributed by atoms with van der Waals surface area (Å²) in [6.07, 6.45) is 9.28. The third-order valence-corrected chi connectivity index (χ3v) is 5.02. The Labute approximate surface area is 106 Å². The number of nitrogens with one attached hydrogen (secondary N) is 1. The smallest absolute Gasteiger partial charge is 0.0431 e. The van der Waals surface area contributed by atoms with E-state index in [1.165, 1.54) is 25.7 Å². The molecule has 16 heavy (non-hydrogen) atoms. The minimum Gasteiger partial charge on any atom is -0.396 e. The number of unbranched alkanes of at least 4 members (excludes halogenated alkanes) is 3. The molecule has 2 nitrogen and oxygen atoms in total. The van der Waals surface area contributed by atoms with Crippen molar-refractivity contribution < 1.29 is 5.11 Å². The second-order valence-electron chi connectivity index (χ2n) is 4.41. The van der Waals surface area contributed by atoms with Crippen LogP contribution in [0.4, 0.5) is 0 Å². The van der Waals surface area contributed by atoms with Gasteiger partial charge in [0.15, 0.2) is 0 Å². The number of aliphatic hydroxyl groups excluding tert-OH is 1. The lowest BCUT2D eigenvalue weighted by Crippen LogP contribution is -2.37. The topological polar surface area (TPSA) is 32.3 Å². The van der Waals surface area contributed by atoms with Gasteiger partial charge in [-0.2, -0.15) is 11.8 Å². The molecule has 0 amide bonds. The molecule has 0 radical (unpaired) electrons. The molecule has 0 fully saturated rings. The molecule has 98 valence electrons. The summed E-state index contributed by atoms with van der Waals surface area (Å²) < 4.78 is 0.436. The minimum atomic E-state index is 0.342. The van der Waals surface area contributed by atoms with Crippen LogP contribution < -0.4 is 5.32 Å². The summed E-state index contributed by atoms with van der Waals surface area (Å²) in [6, 6.07) is 0. The van der Waals surface area contributed by atoms with E-state index in [4.69, 9.17) is 5.11 Å². The monoisotopic (exact) mass is 247 g/mol. The van der Waals surface area contributed by atoms with Crippen LogP contribution in [0.15, 0.2) is 0 Å². The Bertz CT molecular complexity index is 141. The maximum atomic E-state index is 8.65. The van der Waals surface area contributed by atoms with E-state index < -0.39 is 0 Å². The fraction of sp³-hybridized carbons (Fsp3) is 1.00. The van der Waals surface area contributed by atoms with Gasteiger partial charge in [0.25, 0.3) is 0 Å². The number of thioether (sulfide) groups is 1. The Balaban J connectivity index is 3.48. The molecule has 0 aromatic carbocycles. The molecule has 0 saturated heterocycles. The van der Waals surface area contributed by atoms with Gasteiger partial charge in [0.1, 0.15) is 0 Å². The average Bonchev–Trinajstić information content (AvgIpc) is 2.34. The first-order chi connectivity index (χ1) is 7.74. The number of hydrogen-bond donors (Lipinski definition) is 2. The molecule has 0 rings (SSSR count). The molecule has 0 bridgehead atoms. The molecule has 0 atom stereocenters. The van der Waals surface area contributed by atoms with E-state index in [0.717, 1.165) is 25.9 Å². The van der Waals surface area contributed by atoms with Crippen LogP contribution in [0.3, 0.4) is 0 Å². The van der Waals surface area contributed by atoms with Gasteiger partial charge in [-0.1, -0.05) is 26.7 Å². The Morgan fingerprint density at radius 2 is 1.69 bits per heavy atom. The highest BCUT2D eigenvalue weighted by molar-refractivity contribution is 8.00. The SMILES string of the molecule is CCC(CC)(CNCCCCCCO)SC.